The van der Waals surface area contributed by atoms with Crippen LogP contribution < -0.4 is 5.32 Å². The Hall–Kier alpha value is -1.22. The Morgan fingerprint density at radius 2 is 2.00 bits per heavy atom. The van der Waals surface area contributed by atoms with Gasteiger partial charge in [0.1, 0.15) is 5.54 Å². The van der Waals surface area contributed by atoms with Crippen molar-refractivity contribution >= 4 is 23.3 Å². The highest BCUT2D eigenvalue weighted by Crippen LogP contribution is 2.33. The Labute approximate surface area is 119 Å². The molecule has 3 nitrogen and oxygen atoms in total. The first-order valence-corrected chi connectivity index (χ1v) is 7.17. The molecule has 0 spiro atoms. The van der Waals surface area contributed by atoms with Crippen LogP contribution in [0.5, 0.6) is 0 Å². The SMILES string of the molecule is CC1CCCC(Nc2ccc(Cl)cc2)(C(=O)O)CC1. The third kappa shape index (κ3) is 3.41. The molecule has 0 radical (unpaired) electrons. The van der Waals surface area contributed by atoms with Gasteiger partial charge < -0.3 is 10.4 Å². The van der Waals surface area contributed by atoms with Gasteiger partial charge in [-0.3, -0.25) is 0 Å². The third-order valence-corrected chi connectivity index (χ3v) is 4.25. The lowest BCUT2D eigenvalue weighted by molar-refractivity contribution is -0.142. The van der Waals surface area contributed by atoms with E-state index in [1.54, 1.807) is 12.1 Å². The summed E-state index contributed by atoms with van der Waals surface area (Å²) >= 11 is 5.85. The van der Waals surface area contributed by atoms with Crippen LogP contribution in [-0.2, 0) is 4.79 Å². The molecule has 2 atom stereocenters. The van der Waals surface area contributed by atoms with Crippen molar-refractivity contribution in [2.75, 3.05) is 5.32 Å². The maximum atomic E-state index is 11.7. The zero-order chi connectivity index (χ0) is 13.9. The highest BCUT2D eigenvalue weighted by Gasteiger charge is 2.39. The predicted octanol–water partition coefficient (Wildman–Crippen LogP) is 4.18. The molecule has 2 N–H and O–H groups in total. The lowest BCUT2D eigenvalue weighted by Gasteiger charge is -2.30. The quantitative estimate of drug-likeness (QED) is 0.817. The molecule has 0 amide bonds. The number of carboxylic acids is 1. The van der Waals surface area contributed by atoms with Gasteiger partial charge in [-0.1, -0.05) is 31.4 Å². The van der Waals surface area contributed by atoms with Crippen LogP contribution in [0, 0.1) is 5.92 Å². The summed E-state index contributed by atoms with van der Waals surface area (Å²) < 4.78 is 0. The predicted molar refractivity (Wildman–Crippen MR) is 77.7 cm³/mol. The van der Waals surface area contributed by atoms with E-state index in [-0.39, 0.29) is 0 Å². The molecule has 2 rings (SSSR count). The highest BCUT2D eigenvalue weighted by molar-refractivity contribution is 6.30. The first kappa shape index (κ1) is 14.2. The van der Waals surface area contributed by atoms with Gasteiger partial charge in [0.2, 0.25) is 0 Å². The average molecular weight is 282 g/mol. The van der Waals surface area contributed by atoms with Gasteiger partial charge in [-0.2, -0.15) is 0 Å². The zero-order valence-electron chi connectivity index (χ0n) is 11.2. The van der Waals surface area contributed by atoms with Gasteiger partial charge in [-0.15, -0.1) is 0 Å². The first-order chi connectivity index (χ1) is 9.02. The van der Waals surface area contributed by atoms with E-state index < -0.39 is 11.5 Å². The maximum absolute atomic E-state index is 11.7. The van der Waals surface area contributed by atoms with E-state index in [4.69, 9.17) is 11.6 Å². The molecule has 4 heteroatoms. The number of rotatable bonds is 3. The standard InChI is InChI=1S/C15H20ClNO2/c1-11-3-2-9-15(10-8-11,14(18)19)17-13-6-4-12(16)5-7-13/h4-7,11,17H,2-3,8-10H2,1H3,(H,18,19). The maximum Gasteiger partial charge on any atom is 0.329 e. The summed E-state index contributed by atoms with van der Waals surface area (Å²) in [5.41, 5.74) is -0.0140. The molecule has 1 aromatic carbocycles. The van der Waals surface area contributed by atoms with E-state index in [1.807, 2.05) is 12.1 Å². The Kier molecular flexibility index (Phi) is 4.35. The number of hydrogen-bond donors (Lipinski definition) is 2. The molecule has 0 heterocycles. The number of nitrogens with one attached hydrogen (secondary N) is 1. The third-order valence-electron chi connectivity index (χ3n) is 4.00. The van der Waals surface area contributed by atoms with Gasteiger partial charge in [0.05, 0.1) is 0 Å². The minimum Gasteiger partial charge on any atom is -0.480 e. The van der Waals surface area contributed by atoms with Crippen LogP contribution in [0.15, 0.2) is 24.3 Å². The van der Waals surface area contributed by atoms with Crippen LogP contribution in [0.2, 0.25) is 5.02 Å². The molecule has 1 aromatic rings. The molecule has 0 bridgehead atoms. The molecule has 19 heavy (non-hydrogen) atoms. The van der Waals surface area contributed by atoms with Crippen LogP contribution in [0.3, 0.4) is 0 Å². The van der Waals surface area contributed by atoms with Gasteiger partial charge in [-0.25, -0.2) is 4.79 Å². The molecule has 0 aliphatic heterocycles. The second kappa shape index (κ2) is 5.83. The van der Waals surface area contributed by atoms with E-state index in [0.29, 0.717) is 23.8 Å². The second-order valence-electron chi connectivity index (χ2n) is 5.56. The fourth-order valence-corrected chi connectivity index (χ4v) is 2.84. The summed E-state index contributed by atoms with van der Waals surface area (Å²) in [5.74, 6) is -0.148. The van der Waals surface area contributed by atoms with Crippen molar-refractivity contribution < 1.29 is 9.90 Å². The molecule has 1 aliphatic carbocycles. The van der Waals surface area contributed by atoms with Crippen molar-refractivity contribution in [3.8, 4) is 0 Å². The highest BCUT2D eigenvalue weighted by atomic mass is 35.5. The Morgan fingerprint density at radius 3 is 2.63 bits per heavy atom. The van der Waals surface area contributed by atoms with Crippen molar-refractivity contribution in [3.63, 3.8) is 0 Å². The van der Waals surface area contributed by atoms with Crippen molar-refractivity contribution in [3.05, 3.63) is 29.3 Å². The van der Waals surface area contributed by atoms with E-state index in [1.165, 1.54) is 0 Å². The number of carbonyl (C=O) groups is 1. The molecule has 1 aliphatic rings. The second-order valence-corrected chi connectivity index (χ2v) is 5.99. The number of hydrogen-bond acceptors (Lipinski definition) is 2. The summed E-state index contributed by atoms with van der Waals surface area (Å²) in [4.78, 5) is 11.7. The van der Waals surface area contributed by atoms with Crippen molar-refractivity contribution in [1.29, 1.82) is 0 Å². The van der Waals surface area contributed by atoms with E-state index in [2.05, 4.69) is 12.2 Å². The van der Waals surface area contributed by atoms with Crippen molar-refractivity contribution in [1.82, 2.24) is 0 Å². The average Bonchev–Trinajstić information content (AvgIpc) is 2.56. The smallest absolute Gasteiger partial charge is 0.329 e. The van der Waals surface area contributed by atoms with Gasteiger partial charge in [0, 0.05) is 10.7 Å². The lowest BCUT2D eigenvalue weighted by atomic mass is 9.89. The Morgan fingerprint density at radius 1 is 1.32 bits per heavy atom. The summed E-state index contributed by atoms with van der Waals surface area (Å²) in [6.07, 6.45) is 4.36. The number of benzene rings is 1. The minimum absolute atomic E-state index is 0.605. The van der Waals surface area contributed by atoms with Crippen LogP contribution >= 0.6 is 11.6 Å². The topological polar surface area (TPSA) is 49.3 Å². The number of halogens is 1. The molecule has 2 unspecified atom stereocenters. The van der Waals surface area contributed by atoms with E-state index in [9.17, 15) is 9.90 Å². The molecular formula is C15H20ClNO2. The van der Waals surface area contributed by atoms with Gasteiger partial charge in [0.25, 0.3) is 0 Å². The summed E-state index contributed by atoms with van der Waals surface area (Å²) in [5, 5.41) is 13.5. The number of carboxylic acid groups (broad SMARTS) is 1. The Bertz CT molecular complexity index is 446. The van der Waals surface area contributed by atoms with Crippen LogP contribution in [-0.4, -0.2) is 16.6 Å². The van der Waals surface area contributed by atoms with E-state index >= 15 is 0 Å². The molecule has 0 aromatic heterocycles. The van der Waals surface area contributed by atoms with Crippen molar-refractivity contribution in [2.24, 2.45) is 5.92 Å². The van der Waals surface area contributed by atoms with Crippen LogP contribution in [0.4, 0.5) is 5.69 Å². The molecule has 104 valence electrons. The molecule has 0 saturated heterocycles. The van der Waals surface area contributed by atoms with E-state index in [0.717, 1.165) is 24.9 Å². The molecule has 1 fully saturated rings. The largest absolute Gasteiger partial charge is 0.480 e. The van der Waals surface area contributed by atoms with Gasteiger partial charge in [-0.05, 0) is 49.4 Å². The number of anilines is 1. The summed E-state index contributed by atoms with van der Waals surface area (Å²) in [6.45, 7) is 2.19. The molecule has 1 saturated carbocycles. The lowest BCUT2D eigenvalue weighted by Crippen LogP contribution is -2.46. The molecular weight excluding hydrogens is 262 g/mol. The summed E-state index contributed by atoms with van der Waals surface area (Å²) in [7, 11) is 0. The summed E-state index contributed by atoms with van der Waals surface area (Å²) in [6, 6.07) is 7.22. The normalized spacial score (nSPS) is 27.6. The van der Waals surface area contributed by atoms with Gasteiger partial charge in [0.15, 0.2) is 0 Å². The van der Waals surface area contributed by atoms with Crippen LogP contribution in [0.1, 0.15) is 39.0 Å². The fraction of sp³-hybridized carbons (Fsp3) is 0.533. The monoisotopic (exact) mass is 281 g/mol. The van der Waals surface area contributed by atoms with Crippen molar-refractivity contribution in [2.45, 2.75) is 44.6 Å². The van der Waals surface area contributed by atoms with Crippen LogP contribution in [0.25, 0.3) is 0 Å². The Balaban J connectivity index is 2.19. The zero-order valence-corrected chi connectivity index (χ0v) is 11.9. The first-order valence-electron chi connectivity index (χ1n) is 6.79. The van der Waals surface area contributed by atoms with Gasteiger partial charge >= 0.3 is 5.97 Å². The fourth-order valence-electron chi connectivity index (χ4n) is 2.72. The number of aliphatic carboxylic acids is 1. The minimum atomic E-state index is -0.835.